The first kappa shape index (κ1) is 17.8. The van der Waals surface area contributed by atoms with Gasteiger partial charge in [-0.15, -0.1) is 0 Å². The van der Waals surface area contributed by atoms with Crippen LogP contribution in [0.4, 0.5) is 5.69 Å². The molecule has 0 atom stereocenters. The molecule has 1 heterocycles. The van der Waals surface area contributed by atoms with E-state index in [2.05, 4.69) is 29.1 Å². The zero-order valence-corrected chi connectivity index (χ0v) is 14.5. The van der Waals surface area contributed by atoms with E-state index in [-0.39, 0.29) is 28.2 Å². The number of rotatable bonds is 5. The molecule has 6 nitrogen and oxygen atoms in total. The molecule has 2 rings (SSSR count). The molecular formula is C17H18N4O2S. The fourth-order valence-corrected chi connectivity index (χ4v) is 3.06. The number of nitrogens with zero attached hydrogens (tertiary/aromatic N) is 2. The van der Waals surface area contributed by atoms with Crippen LogP contribution >= 0.6 is 11.8 Å². The maximum Gasteiger partial charge on any atom is 0.346 e. The van der Waals surface area contributed by atoms with Crippen LogP contribution in [-0.4, -0.2) is 21.6 Å². The maximum atomic E-state index is 12.2. The molecule has 2 N–H and O–H groups in total. The number of aromatic amines is 1. The van der Waals surface area contributed by atoms with Gasteiger partial charge < -0.3 is 10.3 Å². The number of nitrogens with one attached hydrogen (secondary N) is 2. The van der Waals surface area contributed by atoms with Gasteiger partial charge in [-0.1, -0.05) is 43.8 Å². The number of hydrogen-bond donors (Lipinski definition) is 2. The van der Waals surface area contributed by atoms with Gasteiger partial charge in [-0.05, 0) is 24.5 Å². The number of carbonyl (C=O) groups is 1. The highest BCUT2D eigenvalue weighted by Crippen LogP contribution is 2.25. The first-order chi connectivity index (χ1) is 11.4. The third-order valence-corrected chi connectivity index (χ3v) is 4.37. The number of thioether (sulfide) groups is 1. The van der Waals surface area contributed by atoms with E-state index in [0.717, 1.165) is 23.0 Å². The standard InChI is InChI=1S/C17H18N4O2S/c1-10(2)12-6-4-5-7-14(12)20-15(22)9-24-16-13(8-18)11(3)19-17(23)21-16/h4-7,10H,9H2,1-3H3,(H,20,22)(H,19,21,23). The SMILES string of the molecule is Cc1[nH]c(=O)nc(SCC(=O)Nc2ccccc2C(C)C)c1C#N. The number of aromatic nitrogens is 2. The molecule has 0 saturated heterocycles. The van der Waals surface area contributed by atoms with E-state index >= 15 is 0 Å². The number of anilines is 1. The Hall–Kier alpha value is -2.59. The van der Waals surface area contributed by atoms with Gasteiger partial charge in [0.1, 0.15) is 16.7 Å². The van der Waals surface area contributed by atoms with Crippen molar-refractivity contribution in [3.05, 3.63) is 51.6 Å². The summed E-state index contributed by atoms with van der Waals surface area (Å²) in [6, 6.07) is 9.63. The van der Waals surface area contributed by atoms with Crippen LogP contribution in [0.1, 0.15) is 36.6 Å². The highest BCUT2D eigenvalue weighted by atomic mass is 32.2. The third-order valence-electron chi connectivity index (χ3n) is 3.40. The van der Waals surface area contributed by atoms with Gasteiger partial charge in [0.05, 0.1) is 5.75 Å². The largest absolute Gasteiger partial charge is 0.346 e. The number of carbonyl (C=O) groups excluding carboxylic acids is 1. The first-order valence-corrected chi connectivity index (χ1v) is 8.43. The minimum Gasteiger partial charge on any atom is -0.325 e. The number of amides is 1. The second kappa shape index (κ2) is 7.79. The van der Waals surface area contributed by atoms with Gasteiger partial charge in [-0.25, -0.2) is 4.79 Å². The Balaban J connectivity index is 2.10. The van der Waals surface area contributed by atoms with Crippen molar-refractivity contribution in [2.24, 2.45) is 0 Å². The number of para-hydroxylation sites is 1. The van der Waals surface area contributed by atoms with Gasteiger partial charge in [0, 0.05) is 11.4 Å². The van der Waals surface area contributed by atoms with E-state index in [1.54, 1.807) is 6.92 Å². The summed E-state index contributed by atoms with van der Waals surface area (Å²) in [6.07, 6.45) is 0. The molecule has 0 saturated carbocycles. The van der Waals surface area contributed by atoms with Crippen LogP contribution in [0.15, 0.2) is 34.1 Å². The van der Waals surface area contributed by atoms with Gasteiger partial charge in [-0.2, -0.15) is 10.2 Å². The smallest absolute Gasteiger partial charge is 0.325 e. The summed E-state index contributed by atoms with van der Waals surface area (Å²) >= 11 is 1.08. The molecule has 0 aliphatic heterocycles. The van der Waals surface area contributed by atoms with E-state index in [1.165, 1.54) is 0 Å². The van der Waals surface area contributed by atoms with E-state index in [1.807, 2.05) is 30.3 Å². The van der Waals surface area contributed by atoms with Crippen molar-refractivity contribution in [3.8, 4) is 6.07 Å². The van der Waals surface area contributed by atoms with Crippen LogP contribution < -0.4 is 11.0 Å². The molecule has 0 fully saturated rings. The molecule has 1 aromatic heterocycles. The zero-order chi connectivity index (χ0) is 17.7. The summed E-state index contributed by atoms with van der Waals surface area (Å²) in [5, 5.41) is 12.3. The Morgan fingerprint density at radius 2 is 2.12 bits per heavy atom. The van der Waals surface area contributed by atoms with Crippen molar-refractivity contribution in [1.29, 1.82) is 5.26 Å². The molecule has 0 unspecified atom stereocenters. The number of hydrogen-bond acceptors (Lipinski definition) is 5. The Morgan fingerprint density at radius 3 is 2.79 bits per heavy atom. The van der Waals surface area contributed by atoms with Crippen molar-refractivity contribution in [2.75, 3.05) is 11.1 Å². The lowest BCUT2D eigenvalue weighted by Gasteiger charge is -2.13. The molecule has 0 aliphatic carbocycles. The maximum absolute atomic E-state index is 12.2. The summed E-state index contributed by atoms with van der Waals surface area (Å²) in [6.45, 7) is 5.74. The quantitative estimate of drug-likeness (QED) is 0.643. The van der Waals surface area contributed by atoms with Crippen LogP contribution in [0, 0.1) is 18.3 Å². The summed E-state index contributed by atoms with van der Waals surface area (Å²) < 4.78 is 0. The molecule has 2 aromatic rings. The van der Waals surface area contributed by atoms with Crippen LogP contribution in [0.2, 0.25) is 0 Å². The van der Waals surface area contributed by atoms with Gasteiger partial charge in [0.2, 0.25) is 5.91 Å². The Morgan fingerprint density at radius 1 is 1.42 bits per heavy atom. The number of nitriles is 1. The van der Waals surface area contributed by atoms with Crippen LogP contribution in [-0.2, 0) is 4.79 Å². The molecule has 0 aliphatic rings. The van der Waals surface area contributed by atoms with Crippen LogP contribution in [0.3, 0.4) is 0 Å². The second-order valence-electron chi connectivity index (χ2n) is 5.54. The average Bonchev–Trinajstić information content (AvgIpc) is 2.52. The molecule has 1 amide bonds. The van der Waals surface area contributed by atoms with Crippen molar-refractivity contribution in [1.82, 2.24) is 9.97 Å². The normalized spacial score (nSPS) is 10.5. The second-order valence-corrected chi connectivity index (χ2v) is 6.50. The minimum absolute atomic E-state index is 0.0665. The number of benzene rings is 1. The van der Waals surface area contributed by atoms with Crippen molar-refractivity contribution in [2.45, 2.75) is 31.7 Å². The lowest BCUT2D eigenvalue weighted by atomic mass is 10.0. The fourth-order valence-electron chi connectivity index (χ4n) is 2.23. The Kier molecular flexibility index (Phi) is 5.77. The van der Waals surface area contributed by atoms with E-state index in [4.69, 9.17) is 5.26 Å². The molecule has 0 spiro atoms. The topological polar surface area (TPSA) is 98.6 Å². The molecule has 124 valence electrons. The van der Waals surface area contributed by atoms with E-state index in [0.29, 0.717) is 5.69 Å². The van der Waals surface area contributed by atoms with Crippen LogP contribution in [0.25, 0.3) is 0 Å². The van der Waals surface area contributed by atoms with Crippen molar-refractivity contribution in [3.63, 3.8) is 0 Å². The van der Waals surface area contributed by atoms with Crippen molar-refractivity contribution >= 4 is 23.4 Å². The predicted octanol–water partition coefficient (Wildman–Crippen LogP) is 2.80. The highest BCUT2D eigenvalue weighted by Gasteiger charge is 2.13. The molecule has 0 bridgehead atoms. The summed E-state index contributed by atoms with van der Waals surface area (Å²) in [7, 11) is 0. The minimum atomic E-state index is -0.528. The molecule has 7 heteroatoms. The molecule has 0 radical (unpaired) electrons. The third kappa shape index (κ3) is 4.24. The molecule has 24 heavy (non-hydrogen) atoms. The fraction of sp³-hybridized carbons (Fsp3) is 0.294. The summed E-state index contributed by atoms with van der Waals surface area (Å²) in [5.41, 5.74) is 2.03. The lowest BCUT2D eigenvalue weighted by molar-refractivity contribution is -0.113. The average molecular weight is 342 g/mol. The highest BCUT2D eigenvalue weighted by molar-refractivity contribution is 8.00. The van der Waals surface area contributed by atoms with Gasteiger partial charge in [0.15, 0.2) is 0 Å². The number of aryl methyl sites for hydroxylation is 1. The van der Waals surface area contributed by atoms with E-state index in [9.17, 15) is 9.59 Å². The summed E-state index contributed by atoms with van der Waals surface area (Å²) in [5.74, 6) is 0.143. The van der Waals surface area contributed by atoms with Crippen molar-refractivity contribution < 1.29 is 4.79 Å². The molecular weight excluding hydrogens is 324 g/mol. The lowest BCUT2D eigenvalue weighted by Crippen LogP contribution is -2.18. The van der Waals surface area contributed by atoms with Gasteiger partial charge in [-0.3, -0.25) is 4.79 Å². The zero-order valence-electron chi connectivity index (χ0n) is 13.7. The monoisotopic (exact) mass is 342 g/mol. The van der Waals surface area contributed by atoms with Gasteiger partial charge in [0.25, 0.3) is 0 Å². The summed E-state index contributed by atoms with van der Waals surface area (Å²) in [4.78, 5) is 29.9. The number of H-pyrrole nitrogens is 1. The van der Waals surface area contributed by atoms with E-state index < -0.39 is 5.69 Å². The Labute approximate surface area is 144 Å². The Bertz CT molecular complexity index is 852. The first-order valence-electron chi connectivity index (χ1n) is 7.45. The molecule has 1 aromatic carbocycles. The van der Waals surface area contributed by atoms with Gasteiger partial charge >= 0.3 is 5.69 Å². The predicted molar refractivity (Wildman–Crippen MR) is 94.2 cm³/mol. The van der Waals surface area contributed by atoms with Crippen LogP contribution in [0.5, 0.6) is 0 Å².